The molecule has 2 N–H and O–H groups in total. The molecule has 2 aromatic rings. The van der Waals surface area contributed by atoms with Gasteiger partial charge in [-0.3, -0.25) is 9.78 Å². The van der Waals surface area contributed by atoms with Gasteiger partial charge in [-0.05, 0) is 37.1 Å². The Morgan fingerprint density at radius 3 is 2.83 bits per heavy atom. The van der Waals surface area contributed by atoms with Crippen molar-refractivity contribution >= 4 is 28.9 Å². The number of aryl methyl sites for hydroxylation is 1. The van der Waals surface area contributed by atoms with Crippen LogP contribution in [0.5, 0.6) is 5.75 Å². The second-order valence-electron chi connectivity index (χ2n) is 5.11. The summed E-state index contributed by atoms with van der Waals surface area (Å²) in [7, 11) is 1.53. The summed E-state index contributed by atoms with van der Waals surface area (Å²) >= 11 is 6.07. The predicted octanol–water partition coefficient (Wildman–Crippen LogP) is 4.13. The molecule has 0 aliphatic carbocycles. The van der Waals surface area contributed by atoms with Gasteiger partial charge >= 0.3 is 0 Å². The molecule has 0 bridgehead atoms. The molecule has 0 spiro atoms. The van der Waals surface area contributed by atoms with Crippen LogP contribution in [0.15, 0.2) is 30.5 Å². The van der Waals surface area contributed by atoms with Crippen molar-refractivity contribution in [3.63, 3.8) is 0 Å². The van der Waals surface area contributed by atoms with Crippen molar-refractivity contribution in [2.75, 3.05) is 24.3 Å². The number of methoxy groups -OCH3 is 1. The maximum Gasteiger partial charge on any atom is 0.274 e. The largest absolute Gasteiger partial charge is 0.495 e. The number of amides is 1. The number of hydrogen-bond donors (Lipinski definition) is 2. The van der Waals surface area contributed by atoms with Crippen LogP contribution in [0, 0.1) is 6.92 Å². The zero-order chi connectivity index (χ0) is 16.8. The number of pyridine rings is 1. The van der Waals surface area contributed by atoms with E-state index in [4.69, 9.17) is 16.3 Å². The number of anilines is 2. The topological polar surface area (TPSA) is 63.2 Å². The number of hydrogen-bond acceptors (Lipinski definition) is 4. The predicted molar refractivity (Wildman–Crippen MR) is 93.7 cm³/mol. The first-order valence-corrected chi connectivity index (χ1v) is 7.78. The van der Waals surface area contributed by atoms with Crippen LogP contribution < -0.4 is 15.4 Å². The number of rotatable bonds is 6. The highest BCUT2D eigenvalue weighted by Gasteiger charge is 2.13. The van der Waals surface area contributed by atoms with Gasteiger partial charge in [-0.1, -0.05) is 18.5 Å². The van der Waals surface area contributed by atoms with Gasteiger partial charge in [0.25, 0.3) is 5.91 Å². The van der Waals surface area contributed by atoms with Gasteiger partial charge in [0.1, 0.15) is 11.4 Å². The summed E-state index contributed by atoms with van der Waals surface area (Å²) in [4.78, 5) is 16.5. The van der Waals surface area contributed by atoms with Gasteiger partial charge in [0.05, 0.1) is 12.8 Å². The van der Waals surface area contributed by atoms with Crippen molar-refractivity contribution in [2.45, 2.75) is 20.3 Å². The Morgan fingerprint density at radius 2 is 2.13 bits per heavy atom. The van der Waals surface area contributed by atoms with E-state index < -0.39 is 0 Å². The van der Waals surface area contributed by atoms with Crippen LogP contribution in [0.3, 0.4) is 0 Å². The molecule has 0 aliphatic rings. The number of nitrogens with one attached hydrogen (secondary N) is 2. The molecule has 122 valence electrons. The van der Waals surface area contributed by atoms with Gasteiger partial charge in [-0.2, -0.15) is 0 Å². The summed E-state index contributed by atoms with van der Waals surface area (Å²) in [5, 5.41) is 6.63. The lowest BCUT2D eigenvalue weighted by atomic mass is 10.2. The van der Waals surface area contributed by atoms with E-state index in [1.165, 1.54) is 7.11 Å². The smallest absolute Gasteiger partial charge is 0.274 e. The molecule has 2 rings (SSSR count). The zero-order valence-corrected chi connectivity index (χ0v) is 14.2. The van der Waals surface area contributed by atoms with E-state index in [1.807, 2.05) is 13.0 Å². The van der Waals surface area contributed by atoms with Crippen LogP contribution in [0.25, 0.3) is 0 Å². The van der Waals surface area contributed by atoms with Crippen LogP contribution in [-0.4, -0.2) is 24.5 Å². The minimum Gasteiger partial charge on any atom is -0.495 e. The fraction of sp³-hybridized carbons (Fsp3) is 0.294. The molecule has 5 nitrogen and oxygen atoms in total. The molecule has 0 atom stereocenters. The minimum absolute atomic E-state index is 0.301. The van der Waals surface area contributed by atoms with Crippen LogP contribution in [0.4, 0.5) is 11.4 Å². The van der Waals surface area contributed by atoms with Gasteiger partial charge in [0, 0.05) is 29.5 Å². The maximum atomic E-state index is 12.4. The van der Waals surface area contributed by atoms with Crippen molar-refractivity contribution in [1.82, 2.24) is 4.98 Å². The maximum absolute atomic E-state index is 12.4. The first-order valence-electron chi connectivity index (χ1n) is 7.40. The number of ether oxygens (including phenoxy) is 1. The molecule has 0 fully saturated rings. The summed E-state index contributed by atoms with van der Waals surface area (Å²) < 4.78 is 5.26. The van der Waals surface area contributed by atoms with E-state index >= 15 is 0 Å². The van der Waals surface area contributed by atoms with Gasteiger partial charge in [0.15, 0.2) is 0 Å². The average molecular weight is 334 g/mol. The Morgan fingerprint density at radius 1 is 1.35 bits per heavy atom. The highest BCUT2D eigenvalue weighted by Crippen LogP contribution is 2.31. The number of halogens is 1. The third kappa shape index (κ3) is 4.36. The van der Waals surface area contributed by atoms with Gasteiger partial charge < -0.3 is 15.4 Å². The van der Waals surface area contributed by atoms with E-state index in [-0.39, 0.29) is 5.91 Å². The van der Waals surface area contributed by atoms with Crippen LogP contribution in [0.2, 0.25) is 5.02 Å². The number of carbonyl (C=O) groups excluding carboxylic acids is 1. The molecule has 0 saturated heterocycles. The summed E-state index contributed by atoms with van der Waals surface area (Å²) in [6.07, 6.45) is 2.61. The van der Waals surface area contributed by atoms with Crippen LogP contribution in [0.1, 0.15) is 29.4 Å². The Kier molecular flexibility index (Phi) is 5.82. The Labute approximate surface area is 141 Å². The molecular formula is C17H20ClN3O2. The SMILES string of the molecule is CCCNc1ccnc(C(=O)Nc2cc(C)c(Cl)cc2OC)c1. The molecule has 0 radical (unpaired) electrons. The van der Waals surface area contributed by atoms with Gasteiger partial charge in [-0.15, -0.1) is 0 Å². The second kappa shape index (κ2) is 7.83. The third-order valence-electron chi connectivity index (χ3n) is 3.30. The lowest BCUT2D eigenvalue weighted by Crippen LogP contribution is -2.15. The molecule has 1 amide bonds. The molecule has 1 aromatic carbocycles. The first kappa shape index (κ1) is 17.1. The molecule has 0 aliphatic heterocycles. The lowest BCUT2D eigenvalue weighted by molar-refractivity contribution is 0.102. The van der Waals surface area contributed by atoms with Crippen molar-refractivity contribution in [3.8, 4) is 5.75 Å². The van der Waals surface area contributed by atoms with Gasteiger partial charge in [0.2, 0.25) is 0 Å². The Bertz CT molecular complexity index is 704. The highest BCUT2D eigenvalue weighted by atomic mass is 35.5. The third-order valence-corrected chi connectivity index (χ3v) is 3.71. The molecule has 1 aromatic heterocycles. The fourth-order valence-electron chi connectivity index (χ4n) is 2.05. The fourth-order valence-corrected chi connectivity index (χ4v) is 2.20. The van der Waals surface area contributed by atoms with E-state index in [0.29, 0.717) is 22.2 Å². The number of carbonyl (C=O) groups is 1. The lowest BCUT2D eigenvalue weighted by Gasteiger charge is -2.12. The standard InChI is InChI=1S/C17H20ClN3O2/c1-4-6-19-12-5-7-20-15(9-12)17(22)21-14-8-11(2)13(18)10-16(14)23-3/h5,7-10H,4,6H2,1-3H3,(H,19,20)(H,21,22). The van der Waals surface area contributed by atoms with E-state index in [9.17, 15) is 4.79 Å². The van der Waals surface area contributed by atoms with Gasteiger partial charge in [-0.25, -0.2) is 0 Å². The van der Waals surface area contributed by atoms with Crippen molar-refractivity contribution in [2.24, 2.45) is 0 Å². The van der Waals surface area contributed by atoms with Crippen molar-refractivity contribution < 1.29 is 9.53 Å². The highest BCUT2D eigenvalue weighted by molar-refractivity contribution is 6.31. The first-order chi connectivity index (χ1) is 11.0. The quantitative estimate of drug-likeness (QED) is 0.834. The molecular weight excluding hydrogens is 314 g/mol. The van der Waals surface area contributed by atoms with E-state index in [1.54, 1.807) is 24.4 Å². The summed E-state index contributed by atoms with van der Waals surface area (Å²) in [6, 6.07) is 7.01. The van der Waals surface area contributed by atoms with Crippen molar-refractivity contribution in [1.29, 1.82) is 0 Å². The summed E-state index contributed by atoms with van der Waals surface area (Å²) in [5.41, 5.74) is 2.62. The van der Waals surface area contributed by atoms with E-state index in [0.717, 1.165) is 24.2 Å². The normalized spacial score (nSPS) is 10.3. The van der Waals surface area contributed by atoms with Crippen LogP contribution in [-0.2, 0) is 0 Å². The van der Waals surface area contributed by atoms with Crippen LogP contribution >= 0.6 is 11.6 Å². The molecule has 23 heavy (non-hydrogen) atoms. The Hall–Kier alpha value is -2.27. The number of benzene rings is 1. The number of aromatic nitrogens is 1. The molecule has 0 unspecified atom stereocenters. The summed E-state index contributed by atoms with van der Waals surface area (Å²) in [5.74, 6) is 0.208. The summed E-state index contributed by atoms with van der Waals surface area (Å²) in [6.45, 7) is 4.79. The second-order valence-corrected chi connectivity index (χ2v) is 5.52. The molecule has 0 saturated carbocycles. The molecule has 6 heteroatoms. The van der Waals surface area contributed by atoms with Crippen molar-refractivity contribution in [3.05, 3.63) is 46.7 Å². The average Bonchev–Trinajstić information content (AvgIpc) is 2.56. The monoisotopic (exact) mass is 333 g/mol. The minimum atomic E-state index is -0.301. The molecule has 1 heterocycles. The number of nitrogens with zero attached hydrogens (tertiary/aromatic N) is 1. The zero-order valence-electron chi connectivity index (χ0n) is 13.4. The Balaban J connectivity index is 2.20. The van der Waals surface area contributed by atoms with E-state index in [2.05, 4.69) is 22.5 Å².